The molecule has 3 N–H and O–H groups in total. The summed E-state index contributed by atoms with van der Waals surface area (Å²) in [4.78, 5) is 14.5. The molecular formula is C17H33N3O. The lowest BCUT2D eigenvalue weighted by atomic mass is 9.84. The fraction of sp³-hybridized carbons (Fsp3) is 0.941. The van der Waals surface area contributed by atoms with Crippen LogP contribution in [0.5, 0.6) is 0 Å². The molecule has 122 valence electrons. The molecule has 1 heterocycles. The molecule has 4 nitrogen and oxygen atoms in total. The van der Waals surface area contributed by atoms with Crippen molar-refractivity contribution in [2.45, 2.75) is 76.8 Å². The Labute approximate surface area is 129 Å². The van der Waals surface area contributed by atoms with Gasteiger partial charge in [-0.15, -0.1) is 0 Å². The highest BCUT2D eigenvalue weighted by Gasteiger charge is 2.20. The van der Waals surface area contributed by atoms with Crippen LogP contribution in [0, 0.1) is 5.92 Å². The zero-order chi connectivity index (χ0) is 15.1. The second kappa shape index (κ2) is 8.74. The fourth-order valence-corrected chi connectivity index (χ4v) is 3.65. The SMILES string of the molecule is CC(CNC(=O)CCC1CCC(N)CC1)N1CCCCC1. The minimum atomic E-state index is 0.230. The maximum Gasteiger partial charge on any atom is 0.220 e. The van der Waals surface area contributed by atoms with Crippen molar-refractivity contribution in [1.82, 2.24) is 10.2 Å². The van der Waals surface area contributed by atoms with Crippen LogP contribution in [0.25, 0.3) is 0 Å². The summed E-state index contributed by atoms with van der Waals surface area (Å²) in [5.41, 5.74) is 5.92. The van der Waals surface area contributed by atoms with Crippen LogP contribution in [0.15, 0.2) is 0 Å². The van der Waals surface area contributed by atoms with E-state index < -0.39 is 0 Å². The van der Waals surface area contributed by atoms with E-state index >= 15 is 0 Å². The molecule has 0 aromatic heterocycles. The summed E-state index contributed by atoms with van der Waals surface area (Å²) in [7, 11) is 0. The summed E-state index contributed by atoms with van der Waals surface area (Å²) in [5, 5.41) is 3.12. The van der Waals surface area contributed by atoms with Crippen LogP contribution in [0.4, 0.5) is 0 Å². The third kappa shape index (κ3) is 5.95. The predicted octanol–water partition coefficient (Wildman–Crippen LogP) is 2.27. The van der Waals surface area contributed by atoms with Crippen molar-refractivity contribution in [3.63, 3.8) is 0 Å². The first-order valence-electron chi connectivity index (χ1n) is 8.91. The third-order valence-corrected chi connectivity index (χ3v) is 5.28. The number of carbonyl (C=O) groups excluding carboxylic acids is 1. The Kier molecular flexibility index (Phi) is 6.97. The van der Waals surface area contributed by atoms with E-state index in [1.165, 1.54) is 45.2 Å². The van der Waals surface area contributed by atoms with Gasteiger partial charge in [0, 0.05) is 25.0 Å². The van der Waals surface area contributed by atoms with Crippen LogP contribution in [0.2, 0.25) is 0 Å². The van der Waals surface area contributed by atoms with Crippen molar-refractivity contribution in [3.8, 4) is 0 Å². The zero-order valence-corrected chi connectivity index (χ0v) is 13.7. The van der Waals surface area contributed by atoms with Crippen LogP contribution in [-0.4, -0.2) is 42.5 Å². The lowest BCUT2D eigenvalue weighted by Crippen LogP contribution is -2.44. The molecule has 2 aliphatic rings. The smallest absolute Gasteiger partial charge is 0.220 e. The van der Waals surface area contributed by atoms with Gasteiger partial charge in [-0.25, -0.2) is 0 Å². The third-order valence-electron chi connectivity index (χ3n) is 5.28. The van der Waals surface area contributed by atoms with Gasteiger partial charge in [0.1, 0.15) is 0 Å². The Morgan fingerprint density at radius 2 is 1.86 bits per heavy atom. The number of nitrogens with one attached hydrogen (secondary N) is 1. The zero-order valence-electron chi connectivity index (χ0n) is 13.7. The molecule has 1 saturated carbocycles. The molecule has 0 radical (unpaired) electrons. The summed E-state index contributed by atoms with van der Waals surface area (Å²) >= 11 is 0. The number of hydrogen-bond donors (Lipinski definition) is 2. The summed E-state index contributed by atoms with van der Waals surface area (Å²) < 4.78 is 0. The van der Waals surface area contributed by atoms with E-state index in [4.69, 9.17) is 5.73 Å². The van der Waals surface area contributed by atoms with E-state index in [1.54, 1.807) is 0 Å². The van der Waals surface area contributed by atoms with E-state index in [0.717, 1.165) is 31.7 Å². The first kappa shape index (κ1) is 16.8. The van der Waals surface area contributed by atoms with Crippen molar-refractivity contribution in [2.75, 3.05) is 19.6 Å². The Balaban J connectivity index is 1.56. The molecule has 1 saturated heterocycles. The molecule has 1 unspecified atom stereocenters. The summed E-state index contributed by atoms with van der Waals surface area (Å²) in [6, 6.07) is 0.877. The van der Waals surface area contributed by atoms with Crippen LogP contribution < -0.4 is 11.1 Å². The van der Waals surface area contributed by atoms with Gasteiger partial charge in [-0.05, 0) is 70.9 Å². The lowest BCUT2D eigenvalue weighted by Gasteiger charge is -2.32. The second-order valence-corrected chi connectivity index (χ2v) is 7.07. The topological polar surface area (TPSA) is 58.4 Å². The number of nitrogens with zero attached hydrogens (tertiary/aromatic N) is 1. The van der Waals surface area contributed by atoms with E-state index in [1.807, 2.05) is 0 Å². The van der Waals surface area contributed by atoms with Crippen LogP contribution in [0.3, 0.4) is 0 Å². The van der Waals surface area contributed by atoms with E-state index in [2.05, 4.69) is 17.1 Å². The van der Waals surface area contributed by atoms with E-state index in [0.29, 0.717) is 18.5 Å². The highest BCUT2D eigenvalue weighted by Crippen LogP contribution is 2.26. The maximum atomic E-state index is 12.0. The number of likely N-dealkylation sites (tertiary alicyclic amines) is 1. The molecule has 2 rings (SSSR count). The molecule has 1 aliphatic heterocycles. The molecule has 1 amide bonds. The van der Waals surface area contributed by atoms with Crippen molar-refractivity contribution in [2.24, 2.45) is 11.7 Å². The van der Waals surface area contributed by atoms with Crippen LogP contribution in [-0.2, 0) is 4.79 Å². The average molecular weight is 295 g/mol. The van der Waals surface area contributed by atoms with Gasteiger partial charge < -0.3 is 11.1 Å². The summed E-state index contributed by atoms with van der Waals surface area (Å²) in [6.45, 7) is 5.42. The standard InChI is InChI=1S/C17H33N3O/c1-14(20-11-3-2-4-12-20)13-19-17(21)10-7-15-5-8-16(18)9-6-15/h14-16H,2-13,18H2,1H3,(H,19,21). The first-order valence-corrected chi connectivity index (χ1v) is 8.91. The normalized spacial score (nSPS) is 29.0. The van der Waals surface area contributed by atoms with Gasteiger partial charge in [-0.2, -0.15) is 0 Å². The number of nitrogens with two attached hydrogens (primary N) is 1. The number of rotatable bonds is 6. The second-order valence-electron chi connectivity index (χ2n) is 7.07. The molecule has 0 aromatic rings. The molecule has 4 heteroatoms. The first-order chi connectivity index (χ1) is 10.1. The predicted molar refractivity (Wildman–Crippen MR) is 87.1 cm³/mol. The molecule has 0 spiro atoms. The van der Waals surface area contributed by atoms with Crippen molar-refractivity contribution < 1.29 is 4.79 Å². The molecular weight excluding hydrogens is 262 g/mol. The largest absolute Gasteiger partial charge is 0.355 e. The monoisotopic (exact) mass is 295 g/mol. The van der Waals surface area contributed by atoms with Gasteiger partial charge in [-0.3, -0.25) is 9.69 Å². The van der Waals surface area contributed by atoms with Crippen molar-refractivity contribution in [1.29, 1.82) is 0 Å². The van der Waals surface area contributed by atoms with Crippen LogP contribution in [0.1, 0.15) is 64.7 Å². The van der Waals surface area contributed by atoms with E-state index in [-0.39, 0.29) is 5.91 Å². The molecule has 2 fully saturated rings. The molecule has 0 bridgehead atoms. The fourth-order valence-electron chi connectivity index (χ4n) is 3.65. The number of carbonyl (C=O) groups is 1. The minimum Gasteiger partial charge on any atom is -0.355 e. The highest BCUT2D eigenvalue weighted by molar-refractivity contribution is 5.75. The molecule has 21 heavy (non-hydrogen) atoms. The maximum absolute atomic E-state index is 12.0. The Morgan fingerprint density at radius 1 is 1.19 bits per heavy atom. The van der Waals surface area contributed by atoms with Gasteiger partial charge in [-0.1, -0.05) is 6.42 Å². The van der Waals surface area contributed by atoms with Gasteiger partial charge in [0.15, 0.2) is 0 Å². The quantitative estimate of drug-likeness (QED) is 0.790. The van der Waals surface area contributed by atoms with Gasteiger partial charge in [0.2, 0.25) is 5.91 Å². The van der Waals surface area contributed by atoms with Crippen LogP contribution >= 0.6 is 0 Å². The van der Waals surface area contributed by atoms with Gasteiger partial charge in [0.25, 0.3) is 0 Å². The Bertz CT molecular complexity index is 307. The lowest BCUT2D eigenvalue weighted by molar-refractivity contribution is -0.121. The van der Waals surface area contributed by atoms with Gasteiger partial charge >= 0.3 is 0 Å². The minimum absolute atomic E-state index is 0.230. The van der Waals surface area contributed by atoms with E-state index in [9.17, 15) is 4.79 Å². The highest BCUT2D eigenvalue weighted by atomic mass is 16.1. The Hall–Kier alpha value is -0.610. The number of hydrogen-bond acceptors (Lipinski definition) is 3. The number of piperidine rings is 1. The molecule has 1 atom stereocenters. The van der Waals surface area contributed by atoms with Gasteiger partial charge in [0.05, 0.1) is 0 Å². The molecule has 0 aromatic carbocycles. The summed E-state index contributed by atoms with van der Waals surface area (Å²) in [6.07, 6.45) is 10.4. The number of amides is 1. The average Bonchev–Trinajstić information content (AvgIpc) is 2.53. The molecule has 1 aliphatic carbocycles. The van der Waals surface area contributed by atoms with Crippen molar-refractivity contribution in [3.05, 3.63) is 0 Å². The Morgan fingerprint density at radius 3 is 2.52 bits per heavy atom. The van der Waals surface area contributed by atoms with Crippen molar-refractivity contribution >= 4 is 5.91 Å². The summed E-state index contributed by atoms with van der Waals surface area (Å²) in [5.74, 6) is 0.948.